The summed E-state index contributed by atoms with van der Waals surface area (Å²) >= 11 is 0. The van der Waals surface area contributed by atoms with E-state index in [0.29, 0.717) is 0 Å². The van der Waals surface area contributed by atoms with Gasteiger partial charge in [0.1, 0.15) is 0 Å². The van der Waals surface area contributed by atoms with Gasteiger partial charge in [0.05, 0.1) is 11.9 Å². The molecule has 0 aliphatic heterocycles. The molecular formula is C18H15N5. The topological polar surface area (TPSA) is 55.1 Å². The van der Waals surface area contributed by atoms with Crippen LogP contribution in [-0.2, 0) is 0 Å². The van der Waals surface area contributed by atoms with Gasteiger partial charge in [-0.3, -0.25) is 4.98 Å². The SMILES string of the molecule is Cc1ccccc1Nc1ccc2ncc(-c3ccncc3)n2n1. The summed E-state index contributed by atoms with van der Waals surface area (Å²) in [6, 6.07) is 15.9. The van der Waals surface area contributed by atoms with Crippen LogP contribution in [0.25, 0.3) is 16.9 Å². The summed E-state index contributed by atoms with van der Waals surface area (Å²) < 4.78 is 1.84. The van der Waals surface area contributed by atoms with Crippen molar-refractivity contribution in [2.45, 2.75) is 6.92 Å². The van der Waals surface area contributed by atoms with E-state index in [1.54, 1.807) is 12.4 Å². The van der Waals surface area contributed by atoms with E-state index in [1.807, 2.05) is 53.2 Å². The van der Waals surface area contributed by atoms with Crippen LogP contribution in [0.2, 0.25) is 0 Å². The number of fused-ring (bicyclic) bond motifs is 1. The van der Waals surface area contributed by atoms with Crippen molar-refractivity contribution < 1.29 is 0 Å². The average molecular weight is 301 g/mol. The number of nitrogens with zero attached hydrogens (tertiary/aromatic N) is 4. The van der Waals surface area contributed by atoms with Gasteiger partial charge in [-0.15, -0.1) is 5.10 Å². The van der Waals surface area contributed by atoms with Gasteiger partial charge in [-0.1, -0.05) is 18.2 Å². The maximum atomic E-state index is 4.67. The molecule has 0 bridgehead atoms. The molecule has 0 aliphatic rings. The molecule has 4 rings (SSSR count). The highest BCUT2D eigenvalue weighted by Gasteiger charge is 2.08. The van der Waals surface area contributed by atoms with Crippen LogP contribution >= 0.6 is 0 Å². The van der Waals surface area contributed by atoms with Crippen LogP contribution in [0.15, 0.2) is 67.1 Å². The fourth-order valence-electron chi connectivity index (χ4n) is 2.51. The molecule has 1 aromatic carbocycles. The molecule has 3 aromatic heterocycles. The van der Waals surface area contributed by atoms with Crippen LogP contribution in [0.1, 0.15) is 5.56 Å². The molecule has 0 saturated carbocycles. The van der Waals surface area contributed by atoms with Gasteiger partial charge in [0.15, 0.2) is 11.5 Å². The molecule has 0 amide bonds. The number of rotatable bonds is 3. The molecule has 0 spiro atoms. The number of hydrogen-bond acceptors (Lipinski definition) is 4. The number of anilines is 2. The molecule has 3 heterocycles. The maximum absolute atomic E-state index is 4.67. The van der Waals surface area contributed by atoms with Gasteiger partial charge in [0.2, 0.25) is 0 Å². The second-order valence-electron chi connectivity index (χ2n) is 5.31. The standard InChI is InChI=1S/C18H15N5/c1-13-4-2-3-5-15(13)21-17-6-7-18-20-12-16(23(18)22-17)14-8-10-19-11-9-14/h2-12H,1H3,(H,21,22). The third-order valence-electron chi connectivity index (χ3n) is 3.75. The summed E-state index contributed by atoms with van der Waals surface area (Å²) in [6.45, 7) is 2.07. The Morgan fingerprint density at radius 2 is 1.78 bits per heavy atom. The Bertz CT molecular complexity index is 959. The minimum atomic E-state index is 0.778. The first-order chi connectivity index (χ1) is 11.3. The molecule has 0 radical (unpaired) electrons. The normalized spacial score (nSPS) is 10.8. The van der Waals surface area contributed by atoms with Gasteiger partial charge in [0.25, 0.3) is 0 Å². The van der Waals surface area contributed by atoms with Crippen LogP contribution in [0.4, 0.5) is 11.5 Å². The molecule has 4 aromatic rings. The summed E-state index contributed by atoms with van der Waals surface area (Å²) in [5.41, 5.74) is 5.01. The summed E-state index contributed by atoms with van der Waals surface area (Å²) in [7, 11) is 0. The van der Waals surface area contributed by atoms with Gasteiger partial charge >= 0.3 is 0 Å². The molecule has 5 heteroatoms. The van der Waals surface area contributed by atoms with Crippen molar-refractivity contribution in [3.05, 3.63) is 72.7 Å². The Kier molecular flexibility index (Phi) is 3.24. The van der Waals surface area contributed by atoms with E-state index in [0.717, 1.165) is 28.4 Å². The molecule has 0 aliphatic carbocycles. The number of imidazole rings is 1. The largest absolute Gasteiger partial charge is 0.339 e. The predicted molar refractivity (Wildman–Crippen MR) is 90.7 cm³/mol. The molecule has 112 valence electrons. The lowest BCUT2D eigenvalue weighted by Crippen LogP contribution is -2.01. The summed E-state index contributed by atoms with van der Waals surface area (Å²) in [4.78, 5) is 8.47. The number of para-hydroxylation sites is 1. The van der Waals surface area contributed by atoms with Crippen molar-refractivity contribution in [2.75, 3.05) is 5.32 Å². The number of hydrogen-bond donors (Lipinski definition) is 1. The van der Waals surface area contributed by atoms with Crippen molar-refractivity contribution in [2.24, 2.45) is 0 Å². The fourth-order valence-corrected chi connectivity index (χ4v) is 2.51. The summed E-state index contributed by atoms with van der Waals surface area (Å²) in [6.07, 6.45) is 5.36. The first-order valence-electron chi connectivity index (χ1n) is 7.39. The van der Waals surface area contributed by atoms with Crippen LogP contribution < -0.4 is 5.32 Å². The lowest BCUT2D eigenvalue weighted by Gasteiger charge is -2.09. The summed E-state index contributed by atoms with van der Waals surface area (Å²) in [5, 5.41) is 8.03. The number of aromatic nitrogens is 4. The molecule has 0 unspecified atom stereocenters. The Balaban J connectivity index is 1.77. The number of pyridine rings is 1. The highest BCUT2D eigenvalue weighted by atomic mass is 15.3. The van der Waals surface area contributed by atoms with Gasteiger partial charge in [-0.25, -0.2) is 9.50 Å². The zero-order valence-electron chi connectivity index (χ0n) is 12.6. The minimum Gasteiger partial charge on any atom is -0.339 e. The average Bonchev–Trinajstić information content (AvgIpc) is 3.01. The second-order valence-corrected chi connectivity index (χ2v) is 5.31. The fraction of sp³-hybridized carbons (Fsp3) is 0.0556. The van der Waals surface area contributed by atoms with E-state index in [9.17, 15) is 0 Å². The van der Waals surface area contributed by atoms with Crippen molar-refractivity contribution in [1.82, 2.24) is 19.6 Å². The van der Waals surface area contributed by atoms with Crippen LogP contribution in [0, 0.1) is 6.92 Å². The molecular weight excluding hydrogens is 286 g/mol. The van der Waals surface area contributed by atoms with E-state index < -0.39 is 0 Å². The van der Waals surface area contributed by atoms with E-state index >= 15 is 0 Å². The molecule has 0 saturated heterocycles. The quantitative estimate of drug-likeness (QED) is 0.624. The first-order valence-corrected chi connectivity index (χ1v) is 7.39. The lowest BCUT2D eigenvalue weighted by molar-refractivity contribution is 0.948. The summed E-state index contributed by atoms with van der Waals surface area (Å²) in [5.74, 6) is 0.778. The van der Waals surface area contributed by atoms with Crippen molar-refractivity contribution in [3.63, 3.8) is 0 Å². The van der Waals surface area contributed by atoms with E-state index in [4.69, 9.17) is 0 Å². The van der Waals surface area contributed by atoms with Crippen molar-refractivity contribution in [3.8, 4) is 11.3 Å². The van der Waals surface area contributed by atoms with E-state index in [1.165, 1.54) is 5.56 Å². The zero-order chi connectivity index (χ0) is 15.6. The first kappa shape index (κ1) is 13.5. The van der Waals surface area contributed by atoms with Gasteiger partial charge < -0.3 is 5.32 Å². The Morgan fingerprint density at radius 1 is 0.957 bits per heavy atom. The third kappa shape index (κ3) is 2.53. The van der Waals surface area contributed by atoms with Gasteiger partial charge in [-0.05, 0) is 42.8 Å². The van der Waals surface area contributed by atoms with Crippen LogP contribution in [0.5, 0.6) is 0 Å². The number of benzene rings is 1. The molecule has 23 heavy (non-hydrogen) atoms. The highest BCUT2D eigenvalue weighted by Crippen LogP contribution is 2.22. The van der Waals surface area contributed by atoms with Crippen molar-refractivity contribution >= 4 is 17.2 Å². The smallest absolute Gasteiger partial charge is 0.154 e. The van der Waals surface area contributed by atoms with Gasteiger partial charge in [0, 0.05) is 23.6 Å². The Morgan fingerprint density at radius 3 is 2.61 bits per heavy atom. The number of aryl methyl sites for hydroxylation is 1. The van der Waals surface area contributed by atoms with E-state index in [-0.39, 0.29) is 0 Å². The predicted octanol–water partition coefficient (Wildman–Crippen LogP) is 3.84. The Hall–Kier alpha value is -3.21. The third-order valence-corrected chi connectivity index (χ3v) is 3.75. The lowest BCUT2D eigenvalue weighted by atomic mass is 10.2. The monoisotopic (exact) mass is 301 g/mol. The zero-order valence-corrected chi connectivity index (χ0v) is 12.6. The van der Waals surface area contributed by atoms with E-state index in [2.05, 4.69) is 33.4 Å². The van der Waals surface area contributed by atoms with Crippen molar-refractivity contribution in [1.29, 1.82) is 0 Å². The van der Waals surface area contributed by atoms with Gasteiger partial charge in [-0.2, -0.15) is 0 Å². The molecule has 5 nitrogen and oxygen atoms in total. The second kappa shape index (κ2) is 5.53. The molecule has 1 N–H and O–H groups in total. The minimum absolute atomic E-state index is 0.778. The highest BCUT2D eigenvalue weighted by molar-refractivity contribution is 5.65. The van der Waals surface area contributed by atoms with Crippen LogP contribution in [-0.4, -0.2) is 19.6 Å². The Labute approximate surface area is 133 Å². The van der Waals surface area contributed by atoms with Crippen LogP contribution in [0.3, 0.4) is 0 Å². The molecule has 0 atom stereocenters. The number of nitrogens with one attached hydrogen (secondary N) is 1. The molecule has 0 fully saturated rings. The maximum Gasteiger partial charge on any atom is 0.154 e.